The third-order valence-electron chi connectivity index (χ3n) is 5.78. The number of methoxy groups -OCH3 is 1. The highest BCUT2D eigenvalue weighted by molar-refractivity contribution is 5.97. The minimum Gasteiger partial charge on any atom is -0.508 e. The Morgan fingerprint density at radius 1 is 1.11 bits per heavy atom. The minimum atomic E-state index is -0.455. The van der Waals surface area contributed by atoms with Crippen molar-refractivity contribution in [3.05, 3.63) is 53.8 Å². The average Bonchev–Trinajstić information content (AvgIpc) is 3.21. The normalized spacial score (nSPS) is 24.1. The number of halogens is 1. The smallest absolute Gasteiger partial charge is 0.206 e. The second-order valence-electron chi connectivity index (χ2n) is 7.67. The van der Waals surface area contributed by atoms with E-state index >= 15 is 0 Å². The summed E-state index contributed by atoms with van der Waals surface area (Å²) in [6.45, 7) is 2.09. The van der Waals surface area contributed by atoms with Gasteiger partial charge in [-0.3, -0.25) is 9.69 Å². The Labute approximate surface area is 163 Å². The highest BCUT2D eigenvalue weighted by Gasteiger charge is 2.42. The molecule has 6 heteroatoms. The third kappa shape index (κ3) is 3.83. The Hall–Kier alpha value is -2.60. The van der Waals surface area contributed by atoms with Gasteiger partial charge in [-0.2, -0.15) is 4.39 Å². The molecular formula is C22H24FNO4. The van der Waals surface area contributed by atoms with Crippen molar-refractivity contribution in [2.75, 3.05) is 26.7 Å². The Morgan fingerprint density at radius 2 is 1.75 bits per heavy atom. The third-order valence-corrected chi connectivity index (χ3v) is 5.78. The Balaban J connectivity index is 1.31. The van der Waals surface area contributed by atoms with E-state index < -0.39 is 5.82 Å². The lowest BCUT2D eigenvalue weighted by molar-refractivity contribution is 0.0936. The van der Waals surface area contributed by atoms with Crippen LogP contribution in [0.1, 0.15) is 23.2 Å². The van der Waals surface area contributed by atoms with E-state index in [0.717, 1.165) is 25.9 Å². The van der Waals surface area contributed by atoms with Crippen LogP contribution in [0.2, 0.25) is 0 Å². The van der Waals surface area contributed by atoms with Crippen molar-refractivity contribution in [1.29, 1.82) is 0 Å². The summed E-state index contributed by atoms with van der Waals surface area (Å²) in [5.41, 5.74) is 0.615. The Bertz CT molecular complexity index is 840. The summed E-state index contributed by atoms with van der Waals surface area (Å²) in [4.78, 5) is 14.6. The van der Waals surface area contributed by atoms with Gasteiger partial charge in [0.2, 0.25) is 5.82 Å². The number of nitrogens with zero attached hydrogens (tertiary/aromatic N) is 1. The molecule has 1 aliphatic heterocycles. The molecule has 1 saturated heterocycles. The molecule has 2 aromatic rings. The zero-order valence-electron chi connectivity index (χ0n) is 15.8. The van der Waals surface area contributed by atoms with Gasteiger partial charge in [-0.15, -0.1) is 0 Å². The molecule has 0 radical (unpaired) electrons. The zero-order chi connectivity index (χ0) is 19.7. The van der Waals surface area contributed by atoms with Gasteiger partial charge in [0, 0.05) is 18.7 Å². The first-order chi connectivity index (χ1) is 13.5. The molecule has 4 rings (SSSR count). The molecule has 2 aliphatic rings. The largest absolute Gasteiger partial charge is 0.508 e. The number of ether oxygens (including phenoxy) is 2. The van der Waals surface area contributed by atoms with Gasteiger partial charge in [0.05, 0.1) is 19.8 Å². The molecule has 1 aliphatic carbocycles. The second-order valence-corrected chi connectivity index (χ2v) is 7.67. The number of rotatable bonds is 6. The van der Waals surface area contributed by atoms with E-state index in [-0.39, 0.29) is 29.1 Å². The number of fused-ring (bicyclic) bond motifs is 1. The van der Waals surface area contributed by atoms with Crippen LogP contribution in [0.5, 0.6) is 17.2 Å². The molecule has 2 aromatic carbocycles. The molecular weight excluding hydrogens is 361 g/mol. The van der Waals surface area contributed by atoms with Crippen molar-refractivity contribution >= 4 is 5.78 Å². The number of phenolic OH excluding ortho intramolecular Hbond substituents is 1. The number of carbonyl (C=O) groups excluding carboxylic acids is 1. The van der Waals surface area contributed by atoms with Gasteiger partial charge >= 0.3 is 0 Å². The monoisotopic (exact) mass is 385 g/mol. The fourth-order valence-corrected chi connectivity index (χ4v) is 4.43. The van der Waals surface area contributed by atoms with Crippen LogP contribution in [0.4, 0.5) is 4.39 Å². The van der Waals surface area contributed by atoms with Crippen LogP contribution >= 0.6 is 0 Å². The SMILES string of the molecule is COc1cccc(O[C@@H]2C[C@@H]3CN(CC(=O)c4ccc(O)cc4)C[C@@H]3C2)c1F. The lowest BCUT2D eigenvalue weighted by atomic mass is 10.0. The summed E-state index contributed by atoms with van der Waals surface area (Å²) in [6.07, 6.45) is 1.72. The number of hydrogen-bond donors (Lipinski definition) is 1. The van der Waals surface area contributed by atoms with Gasteiger partial charge in [-0.1, -0.05) is 6.07 Å². The number of ketones is 1. The second kappa shape index (κ2) is 7.80. The predicted molar refractivity (Wildman–Crippen MR) is 102 cm³/mol. The molecule has 1 heterocycles. The van der Waals surface area contributed by atoms with Crippen molar-refractivity contribution in [1.82, 2.24) is 4.90 Å². The molecule has 0 unspecified atom stereocenters. The lowest BCUT2D eigenvalue weighted by Crippen LogP contribution is -2.30. The fourth-order valence-electron chi connectivity index (χ4n) is 4.43. The molecule has 148 valence electrons. The van der Waals surface area contributed by atoms with E-state index in [1.165, 1.54) is 19.2 Å². The summed E-state index contributed by atoms with van der Waals surface area (Å²) in [6, 6.07) is 11.3. The first-order valence-electron chi connectivity index (χ1n) is 9.57. The molecule has 28 heavy (non-hydrogen) atoms. The van der Waals surface area contributed by atoms with Crippen molar-refractivity contribution in [3.8, 4) is 17.2 Å². The maximum atomic E-state index is 14.3. The van der Waals surface area contributed by atoms with Gasteiger partial charge in [-0.05, 0) is 61.1 Å². The standard InChI is InChI=1S/C22H24FNO4/c1-27-20-3-2-4-21(22(20)23)28-18-9-15-11-24(12-16(15)10-18)13-19(26)14-5-7-17(25)8-6-14/h2-8,15-16,18,25H,9-13H2,1H3/t15-,16+,18-. The van der Waals surface area contributed by atoms with Gasteiger partial charge in [0.15, 0.2) is 17.3 Å². The number of hydrogen-bond acceptors (Lipinski definition) is 5. The predicted octanol–water partition coefficient (Wildman–Crippen LogP) is 3.51. The Kier molecular flexibility index (Phi) is 5.22. The lowest BCUT2D eigenvalue weighted by Gasteiger charge is -2.20. The van der Waals surface area contributed by atoms with E-state index in [0.29, 0.717) is 23.9 Å². The zero-order valence-corrected chi connectivity index (χ0v) is 15.8. The fraction of sp³-hybridized carbons (Fsp3) is 0.409. The number of phenols is 1. The summed E-state index contributed by atoms with van der Waals surface area (Å²) in [5, 5.41) is 9.34. The maximum Gasteiger partial charge on any atom is 0.206 e. The van der Waals surface area contributed by atoms with Gasteiger partial charge in [0.25, 0.3) is 0 Å². The van der Waals surface area contributed by atoms with Crippen LogP contribution < -0.4 is 9.47 Å². The molecule has 5 nitrogen and oxygen atoms in total. The number of carbonyl (C=O) groups is 1. The molecule has 2 fully saturated rings. The van der Waals surface area contributed by atoms with E-state index in [4.69, 9.17) is 9.47 Å². The van der Waals surface area contributed by atoms with Gasteiger partial charge < -0.3 is 14.6 Å². The van der Waals surface area contributed by atoms with Crippen molar-refractivity contribution in [2.24, 2.45) is 11.8 Å². The van der Waals surface area contributed by atoms with Crippen molar-refractivity contribution < 1.29 is 23.8 Å². The highest BCUT2D eigenvalue weighted by Crippen LogP contribution is 2.40. The quantitative estimate of drug-likeness (QED) is 0.771. The van der Waals surface area contributed by atoms with Crippen LogP contribution in [-0.2, 0) is 0 Å². The first-order valence-corrected chi connectivity index (χ1v) is 9.57. The highest BCUT2D eigenvalue weighted by atomic mass is 19.1. The van der Waals surface area contributed by atoms with Crippen molar-refractivity contribution in [2.45, 2.75) is 18.9 Å². The van der Waals surface area contributed by atoms with E-state index in [1.54, 1.807) is 30.3 Å². The summed E-state index contributed by atoms with van der Waals surface area (Å²) >= 11 is 0. The van der Waals surface area contributed by atoms with Crippen LogP contribution in [0, 0.1) is 17.7 Å². The topological polar surface area (TPSA) is 59.0 Å². The summed E-state index contributed by atoms with van der Waals surface area (Å²) < 4.78 is 25.2. The summed E-state index contributed by atoms with van der Waals surface area (Å²) in [5.74, 6) is 1.12. The number of benzene rings is 2. The molecule has 0 aromatic heterocycles. The van der Waals surface area contributed by atoms with E-state index in [1.807, 2.05) is 0 Å². The van der Waals surface area contributed by atoms with Crippen LogP contribution in [0.15, 0.2) is 42.5 Å². The van der Waals surface area contributed by atoms with Gasteiger partial charge in [-0.25, -0.2) is 0 Å². The summed E-state index contributed by atoms with van der Waals surface area (Å²) in [7, 11) is 1.44. The van der Waals surface area contributed by atoms with Crippen molar-refractivity contribution in [3.63, 3.8) is 0 Å². The first kappa shape index (κ1) is 18.7. The molecule has 1 saturated carbocycles. The van der Waals surface area contributed by atoms with Crippen LogP contribution in [0.25, 0.3) is 0 Å². The number of Topliss-reactive ketones (excluding diaryl/α,β-unsaturated/α-hetero) is 1. The van der Waals surface area contributed by atoms with Gasteiger partial charge in [0.1, 0.15) is 5.75 Å². The Morgan fingerprint density at radius 3 is 2.39 bits per heavy atom. The molecule has 0 bridgehead atoms. The molecule has 3 atom stereocenters. The van der Waals surface area contributed by atoms with E-state index in [9.17, 15) is 14.3 Å². The number of likely N-dealkylation sites (tertiary alicyclic amines) is 1. The maximum absolute atomic E-state index is 14.3. The van der Waals surface area contributed by atoms with E-state index in [2.05, 4.69) is 4.90 Å². The molecule has 1 N–H and O–H groups in total. The number of aromatic hydroxyl groups is 1. The minimum absolute atomic E-state index is 0.00782. The average molecular weight is 385 g/mol. The van der Waals surface area contributed by atoms with Crippen LogP contribution in [0.3, 0.4) is 0 Å². The molecule has 0 spiro atoms. The van der Waals surface area contributed by atoms with Crippen LogP contribution in [-0.4, -0.2) is 48.6 Å². The molecule has 0 amide bonds.